The van der Waals surface area contributed by atoms with Crippen LogP contribution in [0.3, 0.4) is 0 Å². The molecule has 0 atom stereocenters. The molecular formula is C26H27FN2O3. The molecule has 32 heavy (non-hydrogen) atoms. The molecule has 0 saturated heterocycles. The first-order chi connectivity index (χ1) is 15.6. The number of fused-ring (bicyclic) bond motifs is 1. The quantitative estimate of drug-likeness (QED) is 0.265. The van der Waals surface area contributed by atoms with Gasteiger partial charge in [-0.25, -0.2) is 9.37 Å². The largest absolute Gasteiger partial charge is 0.494 e. The molecule has 1 heterocycles. The van der Waals surface area contributed by atoms with Gasteiger partial charge in [-0.1, -0.05) is 13.8 Å². The zero-order valence-corrected chi connectivity index (χ0v) is 18.4. The summed E-state index contributed by atoms with van der Waals surface area (Å²) >= 11 is 0. The highest BCUT2D eigenvalue weighted by Gasteiger charge is 2.10. The van der Waals surface area contributed by atoms with E-state index in [4.69, 9.17) is 13.9 Å². The summed E-state index contributed by atoms with van der Waals surface area (Å²) in [5.74, 6) is 2.23. The lowest BCUT2D eigenvalue weighted by atomic mass is 10.2. The second-order valence-electron chi connectivity index (χ2n) is 7.46. The van der Waals surface area contributed by atoms with Crippen molar-refractivity contribution in [2.75, 3.05) is 26.2 Å². The van der Waals surface area contributed by atoms with Crippen molar-refractivity contribution in [2.45, 2.75) is 20.3 Å². The number of rotatable bonds is 10. The van der Waals surface area contributed by atoms with E-state index in [9.17, 15) is 4.39 Å². The second kappa shape index (κ2) is 10.3. The van der Waals surface area contributed by atoms with Gasteiger partial charge in [0.15, 0.2) is 5.58 Å². The first-order valence-electron chi connectivity index (χ1n) is 10.9. The van der Waals surface area contributed by atoms with Gasteiger partial charge >= 0.3 is 0 Å². The average molecular weight is 435 g/mol. The molecule has 0 unspecified atom stereocenters. The molecule has 0 fully saturated rings. The van der Waals surface area contributed by atoms with Gasteiger partial charge in [0, 0.05) is 18.2 Å². The number of ether oxygens (including phenoxy) is 2. The van der Waals surface area contributed by atoms with Crippen LogP contribution in [0.25, 0.3) is 22.6 Å². The third kappa shape index (κ3) is 5.45. The van der Waals surface area contributed by atoms with Crippen LogP contribution in [0, 0.1) is 5.82 Å². The summed E-state index contributed by atoms with van der Waals surface area (Å²) in [6, 6.07) is 19.1. The van der Waals surface area contributed by atoms with Crippen LogP contribution in [0.5, 0.6) is 17.2 Å². The minimum Gasteiger partial charge on any atom is -0.494 e. The second-order valence-corrected chi connectivity index (χ2v) is 7.46. The molecule has 0 aliphatic carbocycles. The molecule has 1 aromatic heterocycles. The monoisotopic (exact) mass is 434 g/mol. The zero-order valence-electron chi connectivity index (χ0n) is 18.4. The number of hydrogen-bond donors (Lipinski definition) is 0. The fourth-order valence-electron chi connectivity index (χ4n) is 3.44. The van der Waals surface area contributed by atoms with Gasteiger partial charge in [-0.2, -0.15) is 0 Å². The summed E-state index contributed by atoms with van der Waals surface area (Å²) < 4.78 is 30.6. The lowest BCUT2D eigenvalue weighted by Crippen LogP contribution is -2.25. The Kier molecular flexibility index (Phi) is 7.02. The Hall–Kier alpha value is -3.38. The molecule has 3 aromatic carbocycles. The minimum atomic E-state index is -0.301. The van der Waals surface area contributed by atoms with Crippen molar-refractivity contribution in [1.29, 1.82) is 0 Å². The number of hydrogen-bond acceptors (Lipinski definition) is 5. The van der Waals surface area contributed by atoms with Gasteiger partial charge in [-0.3, -0.25) is 0 Å². The van der Waals surface area contributed by atoms with E-state index in [1.807, 2.05) is 30.3 Å². The summed E-state index contributed by atoms with van der Waals surface area (Å²) in [6.45, 7) is 8.21. The molecular weight excluding hydrogens is 407 g/mol. The van der Waals surface area contributed by atoms with Crippen LogP contribution < -0.4 is 9.47 Å². The molecule has 5 nitrogen and oxygen atoms in total. The van der Waals surface area contributed by atoms with Gasteiger partial charge < -0.3 is 18.8 Å². The van der Waals surface area contributed by atoms with Crippen LogP contribution in [0.2, 0.25) is 0 Å². The fraction of sp³-hybridized carbons (Fsp3) is 0.269. The molecule has 0 aliphatic rings. The Morgan fingerprint density at radius 1 is 0.875 bits per heavy atom. The van der Waals surface area contributed by atoms with Crippen LogP contribution >= 0.6 is 0 Å². The zero-order chi connectivity index (χ0) is 22.3. The van der Waals surface area contributed by atoms with Crippen LogP contribution in [-0.2, 0) is 0 Å². The van der Waals surface area contributed by atoms with Gasteiger partial charge in [0.2, 0.25) is 5.89 Å². The fourth-order valence-corrected chi connectivity index (χ4v) is 3.44. The molecule has 0 saturated carbocycles. The van der Waals surface area contributed by atoms with E-state index in [0.717, 1.165) is 37.4 Å². The molecule has 0 radical (unpaired) electrons. The van der Waals surface area contributed by atoms with Crippen molar-refractivity contribution in [3.63, 3.8) is 0 Å². The maximum atomic E-state index is 13.1. The van der Waals surface area contributed by atoms with Crippen LogP contribution in [0.15, 0.2) is 71.1 Å². The number of oxazole rings is 1. The van der Waals surface area contributed by atoms with Crippen molar-refractivity contribution in [3.8, 4) is 28.7 Å². The third-order valence-electron chi connectivity index (χ3n) is 5.29. The van der Waals surface area contributed by atoms with E-state index in [1.165, 1.54) is 12.1 Å². The molecule has 166 valence electrons. The van der Waals surface area contributed by atoms with Crippen LogP contribution in [0.4, 0.5) is 4.39 Å². The number of benzene rings is 3. The van der Waals surface area contributed by atoms with Crippen molar-refractivity contribution in [1.82, 2.24) is 9.88 Å². The summed E-state index contributed by atoms with van der Waals surface area (Å²) in [5.41, 5.74) is 2.23. The maximum Gasteiger partial charge on any atom is 0.227 e. The molecule has 0 bridgehead atoms. The third-order valence-corrected chi connectivity index (χ3v) is 5.29. The van der Waals surface area contributed by atoms with E-state index >= 15 is 0 Å². The summed E-state index contributed by atoms with van der Waals surface area (Å²) in [4.78, 5) is 6.97. The Morgan fingerprint density at radius 3 is 2.28 bits per heavy atom. The Morgan fingerprint density at radius 2 is 1.56 bits per heavy atom. The molecule has 4 aromatic rings. The maximum absolute atomic E-state index is 13.1. The minimum absolute atomic E-state index is 0.301. The van der Waals surface area contributed by atoms with Crippen molar-refractivity contribution < 1.29 is 18.3 Å². The molecule has 0 aliphatic heterocycles. The highest BCUT2D eigenvalue weighted by atomic mass is 19.1. The summed E-state index contributed by atoms with van der Waals surface area (Å²) in [7, 11) is 0. The van der Waals surface area contributed by atoms with Crippen molar-refractivity contribution in [3.05, 3.63) is 72.5 Å². The van der Waals surface area contributed by atoms with E-state index in [0.29, 0.717) is 35.1 Å². The molecule has 6 heteroatoms. The molecule has 0 spiro atoms. The highest BCUT2D eigenvalue weighted by Crippen LogP contribution is 2.30. The standard InChI is InChI=1S/C26H27FN2O3/c1-3-29(4-2)16-5-17-30-21-10-6-19(7-11-21)26-28-24-18-23(14-15-25(24)32-26)31-22-12-8-20(27)9-13-22/h6-15,18H,3-5,16-17H2,1-2H3. The van der Waals surface area contributed by atoms with Gasteiger partial charge in [0.25, 0.3) is 0 Å². The first kappa shape index (κ1) is 21.8. The van der Waals surface area contributed by atoms with Gasteiger partial charge in [-0.15, -0.1) is 0 Å². The smallest absolute Gasteiger partial charge is 0.227 e. The summed E-state index contributed by atoms with van der Waals surface area (Å²) in [5, 5.41) is 0. The van der Waals surface area contributed by atoms with Gasteiger partial charge in [0.1, 0.15) is 28.6 Å². The van der Waals surface area contributed by atoms with E-state index in [2.05, 4.69) is 23.7 Å². The first-order valence-corrected chi connectivity index (χ1v) is 10.9. The van der Waals surface area contributed by atoms with E-state index in [-0.39, 0.29) is 5.82 Å². The number of halogens is 1. The normalized spacial score (nSPS) is 11.2. The van der Waals surface area contributed by atoms with Crippen molar-refractivity contribution >= 4 is 11.1 Å². The lowest BCUT2D eigenvalue weighted by Gasteiger charge is -2.17. The lowest BCUT2D eigenvalue weighted by molar-refractivity contribution is 0.249. The number of aromatic nitrogens is 1. The Bertz CT molecular complexity index is 1140. The topological polar surface area (TPSA) is 47.7 Å². The van der Waals surface area contributed by atoms with Gasteiger partial charge in [-0.05, 0) is 80.2 Å². The SMILES string of the molecule is CCN(CC)CCCOc1ccc(-c2nc3cc(Oc4ccc(F)cc4)ccc3o2)cc1. The van der Waals surface area contributed by atoms with Gasteiger partial charge in [0.05, 0.1) is 6.61 Å². The molecule has 4 rings (SSSR count). The average Bonchev–Trinajstić information content (AvgIpc) is 3.24. The highest BCUT2D eigenvalue weighted by molar-refractivity contribution is 5.78. The predicted molar refractivity (Wildman–Crippen MR) is 124 cm³/mol. The molecule has 0 N–H and O–H groups in total. The van der Waals surface area contributed by atoms with Crippen LogP contribution in [0.1, 0.15) is 20.3 Å². The van der Waals surface area contributed by atoms with Crippen LogP contribution in [-0.4, -0.2) is 36.1 Å². The van der Waals surface area contributed by atoms with Crippen molar-refractivity contribution in [2.24, 2.45) is 0 Å². The predicted octanol–water partition coefficient (Wildman–Crippen LogP) is 6.54. The number of nitrogens with zero attached hydrogens (tertiary/aromatic N) is 2. The summed E-state index contributed by atoms with van der Waals surface area (Å²) in [6.07, 6.45) is 0.997. The molecule has 0 amide bonds. The Labute approximate surface area is 187 Å². The Balaban J connectivity index is 1.39. The van der Waals surface area contributed by atoms with E-state index in [1.54, 1.807) is 24.3 Å². The van der Waals surface area contributed by atoms with E-state index < -0.39 is 0 Å².